The number of carboxylic acids is 1. The van der Waals surface area contributed by atoms with Crippen LogP contribution in [0.5, 0.6) is 5.75 Å². The van der Waals surface area contributed by atoms with Gasteiger partial charge >= 0.3 is 5.97 Å². The Morgan fingerprint density at radius 2 is 1.77 bits per heavy atom. The van der Waals surface area contributed by atoms with Gasteiger partial charge in [-0.1, -0.05) is 41.4 Å². The summed E-state index contributed by atoms with van der Waals surface area (Å²) in [5.41, 5.74) is 0.719. The molecule has 0 amide bonds. The van der Waals surface area contributed by atoms with Gasteiger partial charge in [0, 0.05) is 11.1 Å². The minimum absolute atomic E-state index is 0.00207. The minimum Gasteiger partial charge on any atom is -0.494 e. The summed E-state index contributed by atoms with van der Waals surface area (Å²) < 4.78 is 5.07. The van der Waals surface area contributed by atoms with Gasteiger partial charge in [0.15, 0.2) is 5.75 Å². The molecule has 0 atom stereocenters. The van der Waals surface area contributed by atoms with E-state index in [-0.39, 0.29) is 32.5 Å². The zero-order chi connectivity index (χ0) is 16.4. The number of hydrogen-bond donors (Lipinski definition) is 1. The lowest BCUT2D eigenvalue weighted by atomic mass is 9.98. The second kappa shape index (κ2) is 6.57. The fourth-order valence-electron chi connectivity index (χ4n) is 2.08. The van der Waals surface area contributed by atoms with E-state index in [2.05, 4.69) is 0 Å². The molecule has 0 aromatic heterocycles. The van der Waals surface area contributed by atoms with E-state index >= 15 is 0 Å². The van der Waals surface area contributed by atoms with Gasteiger partial charge in [-0.2, -0.15) is 0 Å². The summed E-state index contributed by atoms with van der Waals surface area (Å²) in [4.78, 5) is 22.8. The van der Waals surface area contributed by atoms with Gasteiger partial charge in [0.05, 0.1) is 17.2 Å². The van der Waals surface area contributed by atoms with Gasteiger partial charge in [-0.25, -0.2) is 4.79 Å². The van der Waals surface area contributed by atoms with Crippen LogP contribution in [-0.4, -0.2) is 23.4 Å². The smallest absolute Gasteiger partial charge is 0.339 e. The van der Waals surface area contributed by atoms with Crippen molar-refractivity contribution in [1.29, 1.82) is 0 Å². The molecule has 2 rings (SSSR count). The molecule has 0 spiro atoms. The van der Waals surface area contributed by atoms with Gasteiger partial charge in [-0.15, -0.1) is 0 Å². The Morgan fingerprint density at radius 1 is 1.14 bits per heavy atom. The Balaban J connectivity index is 2.83. The maximum atomic E-state index is 11.5. The first kappa shape index (κ1) is 16.6. The maximum absolute atomic E-state index is 11.5. The van der Waals surface area contributed by atoms with Crippen LogP contribution in [0.1, 0.15) is 20.7 Å². The molecule has 2 aromatic rings. The highest BCUT2D eigenvalue weighted by Gasteiger charge is 2.24. The number of aromatic carboxylic acids is 1. The highest BCUT2D eigenvalue weighted by molar-refractivity contribution is 6.68. The number of hydrogen-bond acceptors (Lipinski definition) is 3. The van der Waals surface area contributed by atoms with E-state index in [0.717, 1.165) is 0 Å². The highest BCUT2D eigenvalue weighted by atomic mass is 35.5. The van der Waals surface area contributed by atoms with Crippen LogP contribution in [0.3, 0.4) is 0 Å². The van der Waals surface area contributed by atoms with Crippen molar-refractivity contribution in [3.63, 3.8) is 0 Å². The Hall–Kier alpha value is -1.75. The molecule has 22 heavy (non-hydrogen) atoms. The van der Waals surface area contributed by atoms with Gasteiger partial charge in [0.25, 0.3) is 5.24 Å². The van der Waals surface area contributed by atoms with Crippen LogP contribution in [0.2, 0.25) is 10.0 Å². The molecule has 0 heterocycles. The lowest BCUT2D eigenvalue weighted by Gasteiger charge is -2.15. The standard InChI is InChI=1S/C15H9Cl3O4/c1-22-13-9(15(20)21)6-10(16)11(12(13)17)7-4-2-3-5-8(7)14(18)19/h2-6H,1H3,(H,20,21). The summed E-state index contributed by atoms with van der Waals surface area (Å²) >= 11 is 18.0. The Labute approximate surface area is 141 Å². The van der Waals surface area contributed by atoms with E-state index in [1.165, 1.54) is 19.2 Å². The van der Waals surface area contributed by atoms with Gasteiger partial charge < -0.3 is 9.84 Å². The van der Waals surface area contributed by atoms with E-state index in [1.54, 1.807) is 18.2 Å². The number of rotatable bonds is 4. The molecule has 0 unspecified atom stereocenters. The third kappa shape index (κ3) is 2.90. The Morgan fingerprint density at radius 3 is 2.32 bits per heavy atom. The third-order valence-electron chi connectivity index (χ3n) is 3.02. The van der Waals surface area contributed by atoms with Gasteiger partial charge in [0.1, 0.15) is 5.56 Å². The predicted molar refractivity (Wildman–Crippen MR) is 85.6 cm³/mol. The van der Waals surface area contributed by atoms with Crippen LogP contribution >= 0.6 is 34.8 Å². The number of carbonyl (C=O) groups is 2. The van der Waals surface area contributed by atoms with Crippen molar-refractivity contribution < 1.29 is 19.4 Å². The Kier molecular flexibility index (Phi) is 4.96. The van der Waals surface area contributed by atoms with Crippen molar-refractivity contribution in [2.75, 3.05) is 7.11 Å². The van der Waals surface area contributed by atoms with Crippen molar-refractivity contribution in [2.45, 2.75) is 0 Å². The van der Waals surface area contributed by atoms with Crippen LogP contribution in [-0.2, 0) is 0 Å². The van der Waals surface area contributed by atoms with Crippen molar-refractivity contribution in [1.82, 2.24) is 0 Å². The summed E-state index contributed by atoms with van der Waals surface area (Å²) in [6.07, 6.45) is 0. The van der Waals surface area contributed by atoms with E-state index < -0.39 is 11.2 Å². The van der Waals surface area contributed by atoms with Crippen LogP contribution < -0.4 is 4.74 Å². The monoisotopic (exact) mass is 358 g/mol. The lowest BCUT2D eigenvalue weighted by Crippen LogP contribution is -2.03. The molecule has 1 N–H and O–H groups in total. The van der Waals surface area contributed by atoms with E-state index in [1.807, 2.05) is 0 Å². The van der Waals surface area contributed by atoms with Gasteiger partial charge in [-0.3, -0.25) is 4.79 Å². The largest absolute Gasteiger partial charge is 0.494 e. The quantitative estimate of drug-likeness (QED) is 0.800. The molecule has 7 heteroatoms. The normalized spacial score (nSPS) is 10.4. The minimum atomic E-state index is -1.23. The number of carbonyl (C=O) groups excluding carboxylic acids is 1. The number of benzene rings is 2. The van der Waals surface area contributed by atoms with Crippen molar-refractivity contribution in [2.24, 2.45) is 0 Å². The molecule has 0 saturated carbocycles. The molecule has 0 aliphatic rings. The van der Waals surface area contributed by atoms with Crippen LogP contribution in [0, 0.1) is 0 Å². The maximum Gasteiger partial charge on any atom is 0.339 e. The second-order valence-corrected chi connectivity index (χ2v) is 5.38. The molecule has 0 saturated heterocycles. The average molecular weight is 360 g/mol. The molecule has 0 radical (unpaired) electrons. The molecule has 114 valence electrons. The lowest BCUT2D eigenvalue weighted by molar-refractivity contribution is 0.0693. The molecule has 4 nitrogen and oxygen atoms in total. The van der Waals surface area contributed by atoms with E-state index in [0.29, 0.717) is 5.56 Å². The number of methoxy groups -OCH3 is 1. The first-order valence-corrected chi connectivity index (χ1v) is 7.10. The molecular formula is C15H9Cl3O4. The molecule has 0 aliphatic carbocycles. The average Bonchev–Trinajstić information content (AvgIpc) is 2.47. The summed E-state index contributed by atoms with van der Waals surface area (Å²) in [7, 11) is 1.30. The zero-order valence-electron chi connectivity index (χ0n) is 11.2. The summed E-state index contributed by atoms with van der Waals surface area (Å²) in [5.74, 6) is -1.26. The summed E-state index contributed by atoms with van der Waals surface area (Å²) in [6, 6.07) is 7.68. The van der Waals surface area contributed by atoms with Crippen molar-refractivity contribution >= 4 is 46.0 Å². The van der Waals surface area contributed by atoms with E-state index in [9.17, 15) is 14.7 Å². The SMILES string of the molecule is COc1c(C(=O)O)cc(Cl)c(-c2ccccc2C(=O)Cl)c1Cl. The van der Waals surface area contributed by atoms with Crippen LogP contribution in [0.25, 0.3) is 11.1 Å². The fraction of sp³-hybridized carbons (Fsp3) is 0.0667. The molecule has 0 bridgehead atoms. The molecule has 0 aliphatic heterocycles. The van der Waals surface area contributed by atoms with Crippen molar-refractivity contribution in [3.05, 3.63) is 51.5 Å². The van der Waals surface area contributed by atoms with Crippen molar-refractivity contribution in [3.8, 4) is 16.9 Å². The fourth-order valence-corrected chi connectivity index (χ4v) is 2.98. The van der Waals surface area contributed by atoms with Gasteiger partial charge in [0.2, 0.25) is 0 Å². The van der Waals surface area contributed by atoms with E-state index in [4.69, 9.17) is 39.5 Å². The highest BCUT2D eigenvalue weighted by Crippen LogP contribution is 2.44. The summed E-state index contributed by atoms with van der Waals surface area (Å²) in [6.45, 7) is 0. The molecule has 0 fully saturated rings. The Bertz CT molecular complexity index is 772. The number of halogens is 3. The number of carboxylic acid groups (broad SMARTS) is 1. The second-order valence-electron chi connectivity index (χ2n) is 4.25. The van der Waals surface area contributed by atoms with Crippen LogP contribution in [0.4, 0.5) is 0 Å². The van der Waals surface area contributed by atoms with Gasteiger partial charge in [-0.05, 0) is 29.3 Å². The first-order valence-electron chi connectivity index (χ1n) is 5.97. The van der Waals surface area contributed by atoms with Crippen LogP contribution in [0.15, 0.2) is 30.3 Å². The first-order chi connectivity index (χ1) is 10.4. The topological polar surface area (TPSA) is 63.6 Å². The predicted octanol–water partition coefficient (Wildman–Crippen LogP) is 4.75. The third-order valence-corrected chi connectivity index (χ3v) is 3.88. The molecular weight excluding hydrogens is 351 g/mol. The molecule has 2 aromatic carbocycles. The number of ether oxygens (including phenoxy) is 1. The zero-order valence-corrected chi connectivity index (χ0v) is 13.5. The summed E-state index contributed by atoms with van der Waals surface area (Å²) in [5, 5.41) is 8.58.